The van der Waals surface area contributed by atoms with Crippen molar-refractivity contribution in [1.29, 1.82) is 0 Å². The fourth-order valence-corrected chi connectivity index (χ4v) is 2.62. The molecular formula is C20H34O10. The standard InChI is InChI=1S/C20H34O10/c1-13(15(21)7-3-5-9-17(23)24)29-19(27)11-12-20(28)30-14(2)16(22)8-4-6-10-18(25)26/h13-16,21-22H,3-12H2,1-2H3,(H,23,24)(H,25,26). The number of aliphatic hydroxyl groups excluding tert-OH is 2. The first kappa shape index (κ1) is 27.8. The Balaban J connectivity index is 4.03. The number of aliphatic carboxylic acids is 2. The van der Waals surface area contributed by atoms with Crippen LogP contribution in [0.3, 0.4) is 0 Å². The Bertz CT molecular complexity index is 500. The molecular weight excluding hydrogens is 400 g/mol. The molecule has 0 radical (unpaired) electrons. The molecule has 174 valence electrons. The average Bonchev–Trinajstić information content (AvgIpc) is 2.66. The Hall–Kier alpha value is -2.20. The van der Waals surface area contributed by atoms with Gasteiger partial charge in [-0.25, -0.2) is 0 Å². The molecule has 30 heavy (non-hydrogen) atoms. The van der Waals surface area contributed by atoms with Crippen LogP contribution < -0.4 is 0 Å². The molecule has 0 rings (SSSR count). The lowest BCUT2D eigenvalue weighted by molar-refractivity contribution is -0.160. The minimum absolute atomic E-state index is 0.0124. The van der Waals surface area contributed by atoms with Gasteiger partial charge >= 0.3 is 23.9 Å². The fourth-order valence-electron chi connectivity index (χ4n) is 2.62. The molecule has 0 aromatic carbocycles. The largest absolute Gasteiger partial charge is 0.481 e. The second-order valence-corrected chi connectivity index (χ2v) is 7.30. The van der Waals surface area contributed by atoms with E-state index in [0.29, 0.717) is 38.5 Å². The number of hydrogen-bond acceptors (Lipinski definition) is 8. The van der Waals surface area contributed by atoms with Crippen molar-refractivity contribution in [2.24, 2.45) is 0 Å². The summed E-state index contributed by atoms with van der Waals surface area (Å²) in [6, 6.07) is 0. The van der Waals surface area contributed by atoms with E-state index in [9.17, 15) is 29.4 Å². The summed E-state index contributed by atoms with van der Waals surface area (Å²) >= 11 is 0. The quantitative estimate of drug-likeness (QED) is 0.195. The number of carboxylic acid groups (broad SMARTS) is 2. The predicted molar refractivity (Wildman–Crippen MR) is 105 cm³/mol. The highest BCUT2D eigenvalue weighted by Gasteiger charge is 2.21. The van der Waals surface area contributed by atoms with E-state index < -0.39 is 48.3 Å². The summed E-state index contributed by atoms with van der Waals surface area (Å²) in [7, 11) is 0. The molecule has 0 heterocycles. The van der Waals surface area contributed by atoms with Crippen molar-refractivity contribution in [2.45, 2.75) is 102 Å². The third-order valence-corrected chi connectivity index (χ3v) is 4.53. The van der Waals surface area contributed by atoms with Gasteiger partial charge in [-0.05, 0) is 39.5 Å². The number of carboxylic acids is 2. The number of carbonyl (C=O) groups excluding carboxylic acids is 2. The number of aliphatic hydroxyl groups is 2. The van der Waals surface area contributed by atoms with Crippen LogP contribution in [0, 0.1) is 0 Å². The van der Waals surface area contributed by atoms with Crippen LogP contribution in [0.25, 0.3) is 0 Å². The zero-order valence-corrected chi connectivity index (χ0v) is 17.6. The Kier molecular flexibility index (Phi) is 14.5. The van der Waals surface area contributed by atoms with Crippen molar-refractivity contribution in [2.75, 3.05) is 0 Å². The van der Waals surface area contributed by atoms with Gasteiger partial charge in [0, 0.05) is 12.8 Å². The molecule has 0 saturated carbocycles. The normalized spacial score (nSPS) is 14.9. The molecule has 0 amide bonds. The van der Waals surface area contributed by atoms with E-state index in [1.54, 1.807) is 0 Å². The molecule has 4 N–H and O–H groups in total. The van der Waals surface area contributed by atoms with Crippen molar-refractivity contribution in [3.63, 3.8) is 0 Å². The summed E-state index contributed by atoms with van der Waals surface area (Å²) in [5, 5.41) is 37.0. The Morgan fingerprint density at radius 2 is 0.967 bits per heavy atom. The third kappa shape index (κ3) is 14.7. The number of hydrogen-bond donors (Lipinski definition) is 4. The summed E-state index contributed by atoms with van der Waals surface area (Å²) < 4.78 is 10.1. The third-order valence-electron chi connectivity index (χ3n) is 4.53. The maximum Gasteiger partial charge on any atom is 0.306 e. The molecule has 0 aromatic heterocycles. The molecule has 0 bridgehead atoms. The molecule has 0 fully saturated rings. The average molecular weight is 434 g/mol. The number of unbranched alkanes of at least 4 members (excludes halogenated alkanes) is 2. The molecule has 0 aromatic rings. The molecule has 0 aliphatic heterocycles. The number of esters is 2. The number of ether oxygens (including phenoxy) is 2. The van der Waals surface area contributed by atoms with Gasteiger partial charge in [-0.1, -0.05) is 12.8 Å². The van der Waals surface area contributed by atoms with Crippen molar-refractivity contribution < 1.29 is 49.1 Å². The number of carbonyl (C=O) groups is 4. The van der Waals surface area contributed by atoms with Crippen LogP contribution in [0.1, 0.15) is 78.1 Å². The molecule has 10 heteroatoms. The second-order valence-electron chi connectivity index (χ2n) is 7.30. The Labute approximate surface area is 176 Å². The van der Waals surface area contributed by atoms with Crippen LogP contribution in [0.2, 0.25) is 0 Å². The van der Waals surface area contributed by atoms with Gasteiger partial charge in [0.15, 0.2) is 0 Å². The van der Waals surface area contributed by atoms with Gasteiger partial charge in [0.05, 0.1) is 25.0 Å². The van der Waals surface area contributed by atoms with Crippen molar-refractivity contribution in [3.8, 4) is 0 Å². The minimum atomic E-state index is -0.925. The Morgan fingerprint density at radius 1 is 0.633 bits per heavy atom. The van der Waals surface area contributed by atoms with Crippen molar-refractivity contribution >= 4 is 23.9 Å². The van der Waals surface area contributed by atoms with E-state index >= 15 is 0 Å². The van der Waals surface area contributed by atoms with Crippen molar-refractivity contribution in [3.05, 3.63) is 0 Å². The molecule has 4 unspecified atom stereocenters. The van der Waals surface area contributed by atoms with Gasteiger partial charge in [-0.3, -0.25) is 19.2 Å². The van der Waals surface area contributed by atoms with E-state index in [1.807, 2.05) is 0 Å². The van der Waals surface area contributed by atoms with E-state index in [4.69, 9.17) is 19.7 Å². The molecule has 4 atom stereocenters. The maximum atomic E-state index is 11.8. The fraction of sp³-hybridized carbons (Fsp3) is 0.800. The molecule has 0 spiro atoms. The minimum Gasteiger partial charge on any atom is -0.481 e. The van der Waals surface area contributed by atoms with Crippen LogP contribution in [0.5, 0.6) is 0 Å². The monoisotopic (exact) mass is 434 g/mol. The Morgan fingerprint density at radius 3 is 1.27 bits per heavy atom. The summed E-state index contributed by atoms with van der Waals surface area (Å²) in [5.41, 5.74) is 0. The lowest BCUT2D eigenvalue weighted by Gasteiger charge is -2.20. The summed E-state index contributed by atoms with van der Waals surface area (Å²) in [4.78, 5) is 44.5. The van der Waals surface area contributed by atoms with E-state index in [2.05, 4.69) is 0 Å². The van der Waals surface area contributed by atoms with Crippen LogP contribution in [0.4, 0.5) is 0 Å². The van der Waals surface area contributed by atoms with Gasteiger partial charge in [0.1, 0.15) is 12.2 Å². The zero-order chi connectivity index (χ0) is 23.1. The lowest BCUT2D eigenvalue weighted by atomic mass is 10.1. The van der Waals surface area contributed by atoms with E-state index in [-0.39, 0.29) is 25.7 Å². The first-order chi connectivity index (χ1) is 14.0. The van der Waals surface area contributed by atoms with Crippen LogP contribution in [0.15, 0.2) is 0 Å². The van der Waals surface area contributed by atoms with Gasteiger partial charge < -0.3 is 29.9 Å². The smallest absolute Gasteiger partial charge is 0.306 e. The summed E-state index contributed by atoms with van der Waals surface area (Å²) in [6.45, 7) is 3.03. The molecule has 0 aliphatic carbocycles. The number of rotatable bonds is 17. The zero-order valence-electron chi connectivity index (χ0n) is 17.6. The summed E-state index contributed by atoms with van der Waals surface area (Å²) in [6.07, 6.45) is -1.48. The lowest BCUT2D eigenvalue weighted by Crippen LogP contribution is -2.30. The van der Waals surface area contributed by atoms with Gasteiger partial charge in [-0.2, -0.15) is 0 Å². The topological polar surface area (TPSA) is 168 Å². The predicted octanol–water partition coefficient (Wildman–Crippen LogP) is 1.64. The summed E-state index contributed by atoms with van der Waals surface area (Å²) in [5.74, 6) is -3.16. The highest BCUT2D eigenvalue weighted by atomic mass is 16.6. The van der Waals surface area contributed by atoms with Crippen LogP contribution in [-0.4, -0.2) is 68.7 Å². The highest BCUT2D eigenvalue weighted by molar-refractivity contribution is 5.77. The van der Waals surface area contributed by atoms with E-state index in [0.717, 1.165) is 0 Å². The first-order valence-corrected chi connectivity index (χ1v) is 10.2. The van der Waals surface area contributed by atoms with Gasteiger partial charge in [0.25, 0.3) is 0 Å². The van der Waals surface area contributed by atoms with Crippen LogP contribution in [-0.2, 0) is 28.7 Å². The van der Waals surface area contributed by atoms with Crippen molar-refractivity contribution in [1.82, 2.24) is 0 Å². The van der Waals surface area contributed by atoms with Gasteiger partial charge in [-0.15, -0.1) is 0 Å². The van der Waals surface area contributed by atoms with Gasteiger partial charge in [0.2, 0.25) is 0 Å². The second kappa shape index (κ2) is 15.6. The SMILES string of the molecule is CC(OC(=O)CCC(=O)OC(C)C(O)CCCCC(=O)O)C(O)CCCCC(=O)O. The first-order valence-electron chi connectivity index (χ1n) is 10.2. The molecule has 0 aliphatic rings. The molecule has 0 saturated heterocycles. The van der Waals surface area contributed by atoms with Crippen LogP contribution >= 0.6 is 0 Å². The maximum absolute atomic E-state index is 11.8. The highest BCUT2D eigenvalue weighted by Crippen LogP contribution is 2.13. The van der Waals surface area contributed by atoms with E-state index in [1.165, 1.54) is 13.8 Å². The molecule has 10 nitrogen and oxygen atoms in total.